The Hall–Kier alpha value is -2.10. The van der Waals surface area contributed by atoms with Crippen molar-refractivity contribution in [2.75, 3.05) is 46.0 Å². The molecule has 1 spiro atoms. The number of piperidine rings is 1. The van der Waals surface area contributed by atoms with Crippen molar-refractivity contribution in [3.05, 3.63) is 29.8 Å². The summed E-state index contributed by atoms with van der Waals surface area (Å²) in [7, 11) is 0. The summed E-state index contributed by atoms with van der Waals surface area (Å²) >= 11 is 0. The van der Waals surface area contributed by atoms with Gasteiger partial charge in [-0.25, -0.2) is 0 Å². The van der Waals surface area contributed by atoms with Crippen molar-refractivity contribution < 1.29 is 14.3 Å². The molecule has 6 heteroatoms. The molecule has 1 aromatic carbocycles. The Labute approximate surface area is 185 Å². The van der Waals surface area contributed by atoms with Gasteiger partial charge >= 0.3 is 0 Å². The van der Waals surface area contributed by atoms with Crippen molar-refractivity contribution in [1.29, 1.82) is 5.26 Å². The second-order valence-electron chi connectivity index (χ2n) is 9.93. The van der Waals surface area contributed by atoms with Crippen LogP contribution in [0.25, 0.3) is 0 Å². The highest BCUT2D eigenvalue weighted by atomic mass is 16.5. The van der Waals surface area contributed by atoms with Crippen molar-refractivity contribution in [3.8, 4) is 11.8 Å². The number of hydrogen-bond donors (Lipinski definition) is 0. The highest BCUT2D eigenvalue weighted by Gasteiger charge is 2.52. The summed E-state index contributed by atoms with van der Waals surface area (Å²) in [5.74, 6) is 1.93. The van der Waals surface area contributed by atoms with Crippen LogP contribution in [0, 0.1) is 22.7 Å². The van der Waals surface area contributed by atoms with E-state index in [4.69, 9.17) is 14.7 Å². The lowest BCUT2D eigenvalue weighted by Crippen LogP contribution is -2.61. The molecule has 31 heavy (non-hydrogen) atoms. The van der Waals surface area contributed by atoms with E-state index in [0.717, 1.165) is 44.8 Å². The summed E-state index contributed by atoms with van der Waals surface area (Å²) in [5.41, 5.74) is 1.68. The largest absolute Gasteiger partial charge is 0.492 e. The molecule has 1 unspecified atom stereocenters. The highest BCUT2D eigenvalue weighted by Crippen LogP contribution is 2.48. The van der Waals surface area contributed by atoms with E-state index in [0.29, 0.717) is 49.5 Å². The first-order valence-corrected chi connectivity index (χ1v) is 11.9. The number of amides is 1. The number of rotatable bonds is 6. The molecule has 0 aromatic heterocycles. The second-order valence-corrected chi connectivity index (χ2v) is 9.93. The molecule has 166 valence electrons. The summed E-state index contributed by atoms with van der Waals surface area (Å²) in [6, 6.07) is 11.2. The Morgan fingerprint density at radius 1 is 1.19 bits per heavy atom. The molecule has 1 saturated carbocycles. The van der Waals surface area contributed by atoms with Gasteiger partial charge in [-0.1, -0.05) is 18.2 Å². The van der Waals surface area contributed by atoms with E-state index in [1.165, 1.54) is 24.8 Å². The normalized spacial score (nSPS) is 26.3. The van der Waals surface area contributed by atoms with E-state index < -0.39 is 0 Å². The molecule has 4 fully saturated rings. The fraction of sp³-hybridized carbons (Fsp3) is 0.680. The molecule has 6 nitrogen and oxygen atoms in total. The van der Waals surface area contributed by atoms with Crippen LogP contribution in [0.1, 0.15) is 50.0 Å². The third kappa shape index (κ3) is 4.18. The van der Waals surface area contributed by atoms with E-state index in [9.17, 15) is 4.79 Å². The van der Waals surface area contributed by atoms with Gasteiger partial charge in [-0.2, -0.15) is 5.26 Å². The van der Waals surface area contributed by atoms with Crippen LogP contribution < -0.4 is 4.74 Å². The van der Waals surface area contributed by atoms with Crippen LogP contribution in [0.15, 0.2) is 24.3 Å². The predicted molar refractivity (Wildman–Crippen MR) is 117 cm³/mol. The molecule has 4 aliphatic rings. The number of benzene rings is 1. The van der Waals surface area contributed by atoms with Gasteiger partial charge in [-0.3, -0.25) is 4.79 Å². The molecule has 1 aromatic rings. The molecule has 1 amide bonds. The lowest BCUT2D eigenvalue weighted by molar-refractivity contribution is -0.161. The average molecular weight is 424 g/mol. The quantitative estimate of drug-likeness (QED) is 0.658. The number of hydrogen-bond acceptors (Lipinski definition) is 5. The van der Waals surface area contributed by atoms with E-state index in [2.05, 4.69) is 28.0 Å². The number of carbonyl (C=O) groups is 1. The molecule has 1 atom stereocenters. The van der Waals surface area contributed by atoms with E-state index in [-0.39, 0.29) is 5.92 Å². The molecule has 3 heterocycles. The maximum absolute atomic E-state index is 12.4. The van der Waals surface area contributed by atoms with Crippen molar-refractivity contribution in [2.45, 2.75) is 50.5 Å². The zero-order valence-corrected chi connectivity index (χ0v) is 18.3. The zero-order chi connectivity index (χ0) is 21.3. The van der Waals surface area contributed by atoms with Crippen LogP contribution in [-0.2, 0) is 9.53 Å². The second kappa shape index (κ2) is 8.80. The van der Waals surface area contributed by atoms with Crippen molar-refractivity contribution in [3.63, 3.8) is 0 Å². The third-order valence-corrected chi connectivity index (χ3v) is 7.90. The molecule has 0 N–H and O–H groups in total. The van der Waals surface area contributed by atoms with Gasteiger partial charge in [-0.05, 0) is 62.7 Å². The standard InChI is InChI=1S/C25H33N3O3/c26-10-3-13-31-23-5-2-1-4-22(23)19-7-11-27(12-8-19)21-6-9-25(14-21)17-28(18-25)24(29)20-15-30-16-20/h1-2,4-5,19-21H,3,6-9,11-18H2. The van der Waals surface area contributed by atoms with Crippen LogP contribution in [0.4, 0.5) is 0 Å². The maximum atomic E-state index is 12.4. The topological polar surface area (TPSA) is 65.8 Å². The first-order valence-electron chi connectivity index (χ1n) is 11.9. The lowest BCUT2D eigenvalue weighted by Gasteiger charge is -2.50. The van der Waals surface area contributed by atoms with Gasteiger partial charge in [-0.15, -0.1) is 0 Å². The van der Waals surface area contributed by atoms with E-state index >= 15 is 0 Å². The van der Waals surface area contributed by atoms with Gasteiger partial charge in [0.1, 0.15) is 12.4 Å². The molecule has 1 aliphatic carbocycles. The summed E-state index contributed by atoms with van der Waals surface area (Å²) in [4.78, 5) is 17.2. The molecule has 0 radical (unpaired) electrons. The van der Waals surface area contributed by atoms with Crippen molar-refractivity contribution in [1.82, 2.24) is 9.80 Å². The molecular formula is C25H33N3O3. The minimum Gasteiger partial charge on any atom is -0.492 e. The smallest absolute Gasteiger partial charge is 0.230 e. The first-order chi connectivity index (χ1) is 15.2. The van der Waals surface area contributed by atoms with Gasteiger partial charge in [0.05, 0.1) is 31.6 Å². The van der Waals surface area contributed by atoms with Gasteiger partial charge in [0.25, 0.3) is 0 Å². The summed E-state index contributed by atoms with van der Waals surface area (Å²) < 4.78 is 11.1. The van der Waals surface area contributed by atoms with Gasteiger partial charge in [0, 0.05) is 24.5 Å². The SMILES string of the molecule is N#CCCOc1ccccc1C1CCN(C2CCC3(C2)CN(C(=O)C2COC2)C3)CC1. The van der Waals surface area contributed by atoms with Gasteiger partial charge in [0.15, 0.2) is 0 Å². The minimum atomic E-state index is 0.125. The fourth-order valence-corrected chi connectivity index (χ4v) is 6.06. The molecule has 5 rings (SSSR count). The van der Waals surface area contributed by atoms with Gasteiger partial charge in [0.2, 0.25) is 5.91 Å². The molecular weight excluding hydrogens is 390 g/mol. The monoisotopic (exact) mass is 423 g/mol. The first kappa shape index (κ1) is 20.8. The number of nitriles is 1. The highest BCUT2D eigenvalue weighted by molar-refractivity contribution is 5.80. The predicted octanol–water partition coefficient (Wildman–Crippen LogP) is 3.19. The Bertz CT molecular complexity index is 833. The molecule has 0 bridgehead atoms. The number of ether oxygens (including phenoxy) is 2. The fourth-order valence-electron chi connectivity index (χ4n) is 6.06. The molecule has 3 aliphatic heterocycles. The van der Waals surface area contributed by atoms with Crippen LogP contribution in [0.5, 0.6) is 5.75 Å². The summed E-state index contributed by atoms with van der Waals surface area (Å²) in [6.45, 7) is 5.90. The Morgan fingerprint density at radius 2 is 1.97 bits per heavy atom. The third-order valence-electron chi connectivity index (χ3n) is 7.90. The number of nitrogens with zero attached hydrogens (tertiary/aromatic N) is 3. The van der Waals surface area contributed by atoms with Crippen LogP contribution >= 0.6 is 0 Å². The van der Waals surface area contributed by atoms with Gasteiger partial charge < -0.3 is 19.3 Å². The number of para-hydroxylation sites is 1. The molecule has 3 saturated heterocycles. The van der Waals surface area contributed by atoms with Crippen LogP contribution in [0.2, 0.25) is 0 Å². The summed E-state index contributed by atoms with van der Waals surface area (Å²) in [5, 5.41) is 8.77. The van der Waals surface area contributed by atoms with Crippen molar-refractivity contribution in [2.24, 2.45) is 11.3 Å². The number of carbonyl (C=O) groups excluding carboxylic acids is 1. The lowest BCUT2D eigenvalue weighted by atomic mass is 9.77. The van der Waals surface area contributed by atoms with E-state index in [1.807, 2.05) is 12.1 Å². The van der Waals surface area contributed by atoms with E-state index in [1.54, 1.807) is 0 Å². The Balaban J connectivity index is 1.11. The Kier molecular flexibility index (Phi) is 5.90. The maximum Gasteiger partial charge on any atom is 0.230 e. The number of likely N-dealkylation sites (tertiary alicyclic amines) is 2. The average Bonchev–Trinajstić information content (AvgIpc) is 3.18. The van der Waals surface area contributed by atoms with Crippen molar-refractivity contribution >= 4 is 5.91 Å². The van der Waals surface area contributed by atoms with Crippen LogP contribution in [0.3, 0.4) is 0 Å². The Morgan fingerprint density at radius 3 is 2.68 bits per heavy atom. The zero-order valence-electron chi connectivity index (χ0n) is 18.3. The summed E-state index contributed by atoms with van der Waals surface area (Å²) in [6.07, 6.45) is 6.53. The minimum absolute atomic E-state index is 0.125. The van der Waals surface area contributed by atoms with Crippen LogP contribution in [-0.4, -0.2) is 67.7 Å².